The largest absolute Gasteiger partial charge is 0.325 e. The molecule has 1 N–H and O–H groups in total. The Balaban J connectivity index is 1.82. The first-order chi connectivity index (χ1) is 13.0. The fraction of sp³-hybridized carbons (Fsp3) is 0.409. The van der Waals surface area contributed by atoms with Crippen molar-refractivity contribution in [3.63, 3.8) is 0 Å². The highest BCUT2D eigenvalue weighted by atomic mass is 32.2. The third-order valence-corrected chi connectivity index (χ3v) is 7.17. The van der Waals surface area contributed by atoms with Crippen molar-refractivity contribution < 1.29 is 13.2 Å². The first-order valence-corrected chi connectivity index (χ1v) is 10.9. The Morgan fingerprint density at radius 3 is 2.14 bits per heavy atom. The summed E-state index contributed by atoms with van der Waals surface area (Å²) in [5.74, 6) is -0.0876. The minimum atomic E-state index is -3.54. The minimum Gasteiger partial charge on any atom is -0.325 e. The molecule has 0 aromatic heterocycles. The van der Waals surface area contributed by atoms with Crippen molar-refractivity contribution in [2.24, 2.45) is 0 Å². The summed E-state index contributed by atoms with van der Waals surface area (Å²) in [4.78, 5) is 13.2. The second-order valence-corrected chi connectivity index (χ2v) is 10.8. The summed E-state index contributed by atoms with van der Waals surface area (Å²) >= 11 is 0. The van der Waals surface area contributed by atoms with Crippen LogP contribution < -0.4 is 5.32 Å². The summed E-state index contributed by atoms with van der Waals surface area (Å²) in [6.07, 6.45) is 1.59. The van der Waals surface area contributed by atoms with Gasteiger partial charge in [0.1, 0.15) is 0 Å². The van der Waals surface area contributed by atoms with Crippen LogP contribution in [0.4, 0.5) is 5.69 Å². The van der Waals surface area contributed by atoms with E-state index in [1.165, 1.54) is 31.8 Å². The van der Waals surface area contributed by atoms with Crippen LogP contribution in [-0.2, 0) is 25.6 Å². The van der Waals surface area contributed by atoms with Gasteiger partial charge in [-0.1, -0.05) is 51.1 Å². The first-order valence-electron chi connectivity index (χ1n) is 9.42. The molecule has 1 fully saturated rings. The number of carbonyl (C=O) groups excluding carboxylic acids is 1. The van der Waals surface area contributed by atoms with Crippen molar-refractivity contribution in [2.75, 3.05) is 19.4 Å². The molecular formula is C22H28N2O3S. The maximum Gasteiger partial charge on any atom is 0.242 e. The van der Waals surface area contributed by atoms with Crippen molar-refractivity contribution in [1.29, 1.82) is 0 Å². The van der Waals surface area contributed by atoms with Gasteiger partial charge in [0.15, 0.2) is 0 Å². The van der Waals surface area contributed by atoms with E-state index in [0.717, 1.165) is 22.7 Å². The Morgan fingerprint density at radius 2 is 1.64 bits per heavy atom. The third kappa shape index (κ3) is 3.84. The SMILES string of the molecule is CN(C)S(=O)(=O)c1cccc(NC(=O)C2(c3ccc(C(C)(C)C)cc3)CC2)c1. The number of sulfonamides is 1. The van der Waals surface area contributed by atoms with Gasteiger partial charge in [0, 0.05) is 19.8 Å². The van der Waals surface area contributed by atoms with E-state index < -0.39 is 15.4 Å². The number of hydrogen-bond donors (Lipinski definition) is 1. The van der Waals surface area contributed by atoms with Gasteiger partial charge in [-0.3, -0.25) is 4.79 Å². The van der Waals surface area contributed by atoms with E-state index in [-0.39, 0.29) is 16.2 Å². The molecule has 0 heterocycles. The predicted molar refractivity (Wildman–Crippen MR) is 112 cm³/mol. The first kappa shape index (κ1) is 20.6. The van der Waals surface area contributed by atoms with Gasteiger partial charge in [-0.15, -0.1) is 0 Å². The Bertz CT molecular complexity index is 983. The number of anilines is 1. The summed E-state index contributed by atoms with van der Waals surface area (Å²) < 4.78 is 25.8. The molecule has 1 amide bonds. The van der Waals surface area contributed by atoms with Gasteiger partial charge in [0.2, 0.25) is 15.9 Å². The molecule has 0 unspecified atom stereocenters. The molecule has 1 aliphatic carbocycles. The van der Waals surface area contributed by atoms with Gasteiger partial charge in [-0.05, 0) is 47.6 Å². The van der Waals surface area contributed by atoms with Crippen LogP contribution in [0.2, 0.25) is 0 Å². The average molecular weight is 401 g/mol. The highest BCUT2D eigenvalue weighted by molar-refractivity contribution is 7.89. The van der Waals surface area contributed by atoms with Crippen molar-refractivity contribution in [3.8, 4) is 0 Å². The fourth-order valence-corrected chi connectivity index (χ4v) is 4.21. The normalized spacial score (nSPS) is 16.1. The maximum atomic E-state index is 13.0. The smallest absolute Gasteiger partial charge is 0.242 e. The van der Waals surface area contributed by atoms with Crippen LogP contribution in [0, 0.1) is 0 Å². The monoisotopic (exact) mass is 400 g/mol. The minimum absolute atomic E-state index is 0.0653. The number of amides is 1. The summed E-state index contributed by atoms with van der Waals surface area (Å²) in [7, 11) is -0.570. The molecule has 5 nitrogen and oxygen atoms in total. The van der Waals surface area contributed by atoms with E-state index in [1.807, 2.05) is 12.1 Å². The number of carbonyl (C=O) groups is 1. The quantitative estimate of drug-likeness (QED) is 0.828. The average Bonchev–Trinajstić information content (AvgIpc) is 3.43. The lowest BCUT2D eigenvalue weighted by Crippen LogP contribution is -2.28. The van der Waals surface area contributed by atoms with Crippen molar-refractivity contribution >= 4 is 21.6 Å². The van der Waals surface area contributed by atoms with Gasteiger partial charge < -0.3 is 5.32 Å². The molecule has 150 valence electrons. The van der Waals surface area contributed by atoms with Gasteiger partial charge in [0.25, 0.3) is 0 Å². The second kappa shape index (κ2) is 7.01. The van der Waals surface area contributed by atoms with E-state index in [9.17, 15) is 13.2 Å². The fourth-order valence-electron chi connectivity index (χ4n) is 3.26. The molecule has 0 atom stereocenters. The lowest BCUT2D eigenvalue weighted by molar-refractivity contribution is -0.118. The molecule has 0 radical (unpaired) electrons. The molecule has 0 saturated heterocycles. The third-order valence-electron chi connectivity index (χ3n) is 5.36. The van der Waals surface area contributed by atoms with Gasteiger partial charge in [-0.2, -0.15) is 0 Å². The molecule has 2 aromatic carbocycles. The Morgan fingerprint density at radius 1 is 1.04 bits per heavy atom. The van der Waals surface area contributed by atoms with Gasteiger partial charge in [-0.25, -0.2) is 12.7 Å². The molecule has 0 bridgehead atoms. The van der Waals surface area contributed by atoms with Crippen LogP contribution in [0.25, 0.3) is 0 Å². The molecule has 1 saturated carbocycles. The van der Waals surface area contributed by atoms with Crippen LogP contribution >= 0.6 is 0 Å². The maximum absolute atomic E-state index is 13.0. The van der Waals surface area contributed by atoms with Crippen LogP contribution in [0.3, 0.4) is 0 Å². The van der Waals surface area contributed by atoms with Crippen LogP contribution in [-0.4, -0.2) is 32.7 Å². The Labute approximate surface area is 167 Å². The number of nitrogens with one attached hydrogen (secondary N) is 1. The van der Waals surface area contributed by atoms with E-state index in [2.05, 4.69) is 38.2 Å². The van der Waals surface area contributed by atoms with Gasteiger partial charge in [0.05, 0.1) is 10.3 Å². The zero-order valence-electron chi connectivity index (χ0n) is 17.1. The number of hydrogen-bond acceptors (Lipinski definition) is 3. The number of nitrogens with zero attached hydrogens (tertiary/aromatic N) is 1. The predicted octanol–water partition coefficient (Wildman–Crippen LogP) is 3.90. The summed E-state index contributed by atoms with van der Waals surface area (Å²) in [6.45, 7) is 6.49. The lowest BCUT2D eigenvalue weighted by atomic mass is 9.85. The summed E-state index contributed by atoms with van der Waals surface area (Å²) in [5, 5.41) is 2.92. The molecule has 2 aromatic rings. The van der Waals surface area contributed by atoms with Crippen molar-refractivity contribution in [1.82, 2.24) is 4.31 Å². The zero-order chi connectivity index (χ0) is 20.7. The molecule has 0 spiro atoms. The lowest BCUT2D eigenvalue weighted by Gasteiger charge is -2.21. The van der Waals surface area contributed by atoms with E-state index in [0.29, 0.717) is 5.69 Å². The molecule has 3 rings (SSSR count). The summed E-state index contributed by atoms with van der Waals surface area (Å²) in [6, 6.07) is 14.7. The van der Waals surface area contributed by atoms with Gasteiger partial charge >= 0.3 is 0 Å². The molecule has 1 aliphatic rings. The number of benzene rings is 2. The summed E-state index contributed by atoms with van der Waals surface area (Å²) in [5.41, 5.74) is 2.28. The molecule has 0 aliphatic heterocycles. The van der Waals surface area contributed by atoms with Crippen LogP contribution in [0.5, 0.6) is 0 Å². The second-order valence-electron chi connectivity index (χ2n) is 8.68. The van der Waals surface area contributed by atoms with E-state index >= 15 is 0 Å². The van der Waals surface area contributed by atoms with Crippen LogP contribution in [0.15, 0.2) is 53.4 Å². The molecule has 28 heavy (non-hydrogen) atoms. The zero-order valence-corrected chi connectivity index (χ0v) is 17.9. The highest BCUT2D eigenvalue weighted by Crippen LogP contribution is 2.49. The van der Waals surface area contributed by atoms with E-state index in [4.69, 9.17) is 0 Å². The number of rotatable bonds is 5. The standard InChI is InChI=1S/C22H28N2O3S/c1-21(2,3)16-9-11-17(12-10-16)22(13-14-22)20(25)23-18-7-6-8-19(15-18)28(26,27)24(4)5/h6-12,15H,13-14H2,1-5H3,(H,23,25). The highest BCUT2D eigenvalue weighted by Gasteiger charge is 2.51. The van der Waals surface area contributed by atoms with E-state index in [1.54, 1.807) is 12.1 Å². The topological polar surface area (TPSA) is 66.5 Å². The van der Waals surface area contributed by atoms with Crippen molar-refractivity contribution in [3.05, 3.63) is 59.7 Å². The molecule has 6 heteroatoms. The molecular weight excluding hydrogens is 372 g/mol. The van der Waals surface area contributed by atoms with Crippen molar-refractivity contribution in [2.45, 2.75) is 49.3 Å². The van der Waals surface area contributed by atoms with Crippen LogP contribution in [0.1, 0.15) is 44.7 Å². The Kier molecular flexibility index (Phi) is 5.15. The Hall–Kier alpha value is -2.18.